The van der Waals surface area contributed by atoms with E-state index in [2.05, 4.69) is 39.0 Å². The van der Waals surface area contributed by atoms with Gasteiger partial charge in [-0.15, -0.1) is 11.3 Å². The predicted molar refractivity (Wildman–Crippen MR) is 133 cm³/mol. The molecule has 0 saturated heterocycles. The molecule has 32 heavy (non-hydrogen) atoms. The van der Waals surface area contributed by atoms with Crippen LogP contribution in [0.5, 0.6) is 0 Å². The van der Waals surface area contributed by atoms with E-state index in [4.69, 9.17) is 9.72 Å². The van der Waals surface area contributed by atoms with Crippen LogP contribution in [0.1, 0.15) is 94.9 Å². The van der Waals surface area contributed by atoms with Crippen LogP contribution in [0.4, 0.5) is 0 Å². The average molecular weight is 456 g/mol. The van der Waals surface area contributed by atoms with Gasteiger partial charge in [0, 0.05) is 22.2 Å². The number of nitrogens with zero attached hydrogens (tertiary/aromatic N) is 1. The fourth-order valence-corrected chi connectivity index (χ4v) is 5.49. The van der Waals surface area contributed by atoms with E-state index in [9.17, 15) is 9.90 Å². The highest BCUT2D eigenvalue weighted by Gasteiger charge is 2.35. The second-order valence-electron chi connectivity index (χ2n) is 10.6. The molecule has 1 N–H and O–H groups in total. The molecule has 5 heteroatoms. The molecule has 174 valence electrons. The molecule has 0 saturated carbocycles. The largest absolute Gasteiger partial charge is 0.479 e. The summed E-state index contributed by atoms with van der Waals surface area (Å²) in [5.74, 6) is -0.946. The third kappa shape index (κ3) is 5.68. The number of pyridine rings is 1. The predicted octanol–water partition coefficient (Wildman–Crippen LogP) is 7.61. The van der Waals surface area contributed by atoms with Gasteiger partial charge in [0.15, 0.2) is 6.10 Å². The number of thiophene rings is 1. The summed E-state index contributed by atoms with van der Waals surface area (Å²) in [5.41, 5.74) is 4.93. The Kier molecular flexibility index (Phi) is 7.31. The average Bonchev–Trinajstić information content (AvgIpc) is 3.03. The number of ether oxygens (including phenoxy) is 1. The zero-order valence-corrected chi connectivity index (χ0v) is 21.4. The summed E-state index contributed by atoms with van der Waals surface area (Å²) in [6.45, 7) is 14.5. The minimum Gasteiger partial charge on any atom is -0.479 e. The Hall–Kier alpha value is -1.98. The van der Waals surface area contributed by atoms with E-state index in [0.717, 1.165) is 58.7 Å². The van der Waals surface area contributed by atoms with Gasteiger partial charge >= 0.3 is 5.97 Å². The first kappa shape index (κ1) is 24.7. The number of carbonyl (C=O) groups is 1. The van der Waals surface area contributed by atoms with E-state index in [0.29, 0.717) is 0 Å². The third-order valence-corrected chi connectivity index (χ3v) is 7.12. The molecule has 4 nitrogen and oxygen atoms in total. The van der Waals surface area contributed by atoms with E-state index < -0.39 is 17.7 Å². The number of aliphatic carboxylic acids is 1. The van der Waals surface area contributed by atoms with Gasteiger partial charge in [-0.05, 0) is 82.1 Å². The second kappa shape index (κ2) is 9.48. The molecule has 0 aromatic carbocycles. The van der Waals surface area contributed by atoms with Crippen molar-refractivity contribution < 1.29 is 14.6 Å². The first-order chi connectivity index (χ1) is 14.9. The summed E-state index contributed by atoms with van der Waals surface area (Å²) in [6.07, 6.45) is 8.24. The summed E-state index contributed by atoms with van der Waals surface area (Å²) >= 11 is 1.64. The highest BCUT2D eigenvalue weighted by Crippen LogP contribution is 2.48. The summed E-state index contributed by atoms with van der Waals surface area (Å²) in [7, 11) is 0. The fourth-order valence-electron chi connectivity index (χ4n) is 4.31. The molecule has 0 aliphatic heterocycles. The summed E-state index contributed by atoms with van der Waals surface area (Å²) in [6, 6.07) is 4.23. The molecular formula is C27H37NO3S. The van der Waals surface area contributed by atoms with Gasteiger partial charge in [0.1, 0.15) is 0 Å². The maximum absolute atomic E-state index is 12.4. The van der Waals surface area contributed by atoms with Crippen LogP contribution in [-0.2, 0) is 16.0 Å². The van der Waals surface area contributed by atoms with Gasteiger partial charge in [-0.25, -0.2) is 4.79 Å². The maximum atomic E-state index is 12.4. The summed E-state index contributed by atoms with van der Waals surface area (Å²) in [4.78, 5) is 19.1. The lowest BCUT2D eigenvalue weighted by Crippen LogP contribution is -2.28. The lowest BCUT2D eigenvalue weighted by molar-refractivity contribution is -0.160. The van der Waals surface area contributed by atoms with Crippen molar-refractivity contribution >= 4 is 22.9 Å². The zero-order valence-electron chi connectivity index (χ0n) is 20.5. The van der Waals surface area contributed by atoms with Crippen LogP contribution in [0.3, 0.4) is 0 Å². The van der Waals surface area contributed by atoms with Gasteiger partial charge in [0.2, 0.25) is 0 Å². The van der Waals surface area contributed by atoms with E-state index >= 15 is 0 Å². The highest BCUT2D eigenvalue weighted by atomic mass is 32.1. The molecule has 1 unspecified atom stereocenters. The Labute approximate surface area is 196 Å². The van der Waals surface area contributed by atoms with Crippen molar-refractivity contribution in [1.82, 2.24) is 4.98 Å². The number of rotatable bonds is 7. The lowest BCUT2D eigenvalue weighted by atomic mass is 9.76. The highest BCUT2D eigenvalue weighted by molar-refractivity contribution is 7.16. The molecule has 0 radical (unpaired) electrons. The lowest BCUT2D eigenvalue weighted by Gasteiger charge is -2.30. The summed E-state index contributed by atoms with van der Waals surface area (Å²) < 4.78 is 6.11. The molecule has 2 aromatic rings. The maximum Gasteiger partial charge on any atom is 0.337 e. The number of hydrogen-bond donors (Lipinski definition) is 1. The van der Waals surface area contributed by atoms with Gasteiger partial charge in [0.25, 0.3) is 0 Å². The van der Waals surface area contributed by atoms with E-state index in [1.54, 1.807) is 11.3 Å². The van der Waals surface area contributed by atoms with Crippen LogP contribution < -0.4 is 0 Å². The number of carboxylic acid groups (broad SMARTS) is 1. The Balaban J connectivity index is 2.23. The molecule has 2 heterocycles. The first-order valence-corrected chi connectivity index (χ1v) is 12.4. The Morgan fingerprint density at radius 1 is 1.34 bits per heavy atom. The molecular weight excluding hydrogens is 418 g/mol. The van der Waals surface area contributed by atoms with E-state index in [1.165, 1.54) is 11.1 Å². The fraction of sp³-hybridized carbons (Fsp3) is 0.556. The van der Waals surface area contributed by atoms with Gasteiger partial charge in [-0.2, -0.15) is 0 Å². The van der Waals surface area contributed by atoms with Crippen LogP contribution in [0.15, 0.2) is 24.4 Å². The van der Waals surface area contributed by atoms with Crippen molar-refractivity contribution in [2.24, 2.45) is 5.41 Å². The quantitative estimate of drug-likeness (QED) is 0.467. The van der Waals surface area contributed by atoms with Crippen LogP contribution in [0, 0.1) is 12.3 Å². The monoisotopic (exact) mass is 455 g/mol. The Bertz CT molecular complexity index is 1010. The van der Waals surface area contributed by atoms with Crippen LogP contribution in [0.2, 0.25) is 0 Å². The van der Waals surface area contributed by atoms with Crippen molar-refractivity contribution in [2.45, 2.75) is 92.3 Å². The molecule has 1 atom stereocenters. The third-order valence-electron chi connectivity index (χ3n) is 5.98. The number of hydrogen-bond acceptors (Lipinski definition) is 4. The van der Waals surface area contributed by atoms with Crippen LogP contribution in [-0.4, -0.2) is 21.7 Å². The van der Waals surface area contributed by atoms with Crippen molar-refractivity contribution in [3.8, 4) is 10.6 Å². The van der Waals surface area contributed by atoms with Crippen LogP contribution in [0.25, 0.3) is 16.1 Å². The van der Waals surface area contributed by atoms with Gasteiger partial charge < -0.3 is 9.84 Å². The Morgan fingerprint density at radius 3 is 2.62 bits per heavy atom. The number of allylic oxidation sites excluding steroid dienone is 2. The van der Waals surface area contributed by atoms with Crippen molar-refractivity contribution in [3.63, 3.8) is 0 Å². The van der Waals surface area contributed by atoms with Crippen molar-refractivity contribution in [2.75, 3.05) is 0 Å². The Morgan fingerprint density at radius 2 is 2.06 bits per heavy atom. The molecule has 0 amide bonds. The van der Waals surface area contributed by atoms with Crippen LogP contribution >= 0.6 is 11.3 Å². The molecule has 0 spiro atoms. The molecule has 2 aromatic heterocycles. The SMILES string of the molecule is CCCc1ccnc(-c2sc(C)c(C(OC(C)(C)C)C(=O)O)c2C2=CCC(C)(C)CC2)c1. The zero-order chi connectivity index (χ0) is 23.7. The molecule has 3 rings (SSSR count). The van der Waals surface area contributed by atoms with Crippen molar-refractivity contribution in [3.05, 3.63) is 46.0 Å². The smallest absolute Gasteiger partial charge is 0.337 e. The molecule has 1 aliphatic carbocycles. The van der Waals surface area contributed by atoms with E-state index in [1.807, 2.05) is 33.9 Å². The summed E-state index contributed by atoms with van der Waals surface area (Å²) in [5, 5.41) is 10.2. The van der Waals surface area contributed by atoms with Gasteiger partial charge in [0.05, 0.1) is 16.2 Å². The number of aromatic nitrogens is 1. The first-order valence-electron chi connectivity index (χ1n) is 11.6. The number of aryl methyl sites for hydroxylation is 2. The topological polar surface area (TPSA) is 59.4 Å². The second-order valence-corrected chi connectivity index (χ2v) is 11.8. The van der Waals surface area contributed by atoms with Gasteiger partial charge in [-0.1, -0.05) is 33.3 Å². The minimum atomic E-state index is -1.01. The van der Waals surface area contributed by atoms with Gasteiger partial charge in [-0.3, -0.25) is 4.98 Å². The molecule has 1 aliphatic rings. The van der Waals surface area contributed by atoms with Crippen molar-refractivity contribution in [1.29, 1.82) is 0 Å². The van der Waals surface area contributed by atoms with E-state index in [-0.39, 0.29) is 5.41 Å². The molecule has 0 bridgehead atoms. The minimum absolute atomic E-state index is 0.266. The number of carboxylic acids is 1. The normalized spacial score (nSPS) is 17.2. The standard InChI is InChI=1S/C27H37NO3S/c1-8-9-18-12-15-28-20(16-18)24-22(19-10-13-27(6,7)14-11-19)21(17(2)32-24)23(25(29)30)31-26(3,4)5/h10,12,15-16,23H,8-9,11,13-14H2,1-7H3,(H,29,30). The molecule has 0 fully saturated rings.